The Morgan fingerprint density at radius 2 is 1.65 bits per heavy atom. The number of aromatic hydroxyl groups is 1. The molecule has 26 heavy (non-hydrogen) atoms. The number of ether oxygens (including phenoxy) is 2. The molecular formula is C21H16O5. The molecule has 1 heterocycles. The number of furan rings is 1. The minimum absolute atomic E-state index is 0.107. The van der Waals surface area contributed by atoms with Crippen LogP contribution in [0.1, 0.15) is 15.9 Å². The Labute approximate surface area is 149 Å². The van der Waals surface area contributed by atoms with Gasteiger partial charge in [-0.25, -0.2) is 0 Å². The molecule has 1 N–H and O–H groups in total. The average molecular weight is 348 g/mol. The van der Waals surface area contributed by atoms with Gasteiger partial charge in [0.15, 0.2) is 17.3 Å². The van der Waals surface area contributed by atoms with Gasteiger partial charge in [0.05, 0.1) is 19.8 Å². The van der Waals surface area contributed by atoms with Crippen LogP contribution in [0, 0.1) is 0 Å². The highest BCUT2D eigenvalue weighted by Crippen LogP contribution is 2.36. The van der Waals surface area contributed by atoms with Crippen molar-refractivity contribution in [1.82, 2.24) is 0 Å². The predicted molar refractivity (Wildman–Crippen MR) is 98.4 cm³/mol. The van der Waals surface area contributed by atoms with Crippen LogP contribution in [0.4, 0.5) is 0 Å². The number of phenolic OH excluding ortho intramolecular Hbond substituents is 1. The molecule has 0 aliphatic heterocycles. The van der Waals surface area contributed by atoms with E-state index in [1.807, 2.05) is 24.3 Å². The zero-order valence-corrected chi connectivity index (χ0v) is 14.3. The number of hydrogen-bond donors (Lipinski definition) is 1. The molecule has 4 rings (SSSR count). The summed E-state index contributed by atoms with van der Waals surface area (Å²) in [6.45, 7) is 0. The fourth-order valence-electron chi connectivity index (χ4n) is 3.15. The van der Waals surface area contributed by atoms with Crippen molar-refractivity contribution in [1.29, 1.82) is 0 Å². The molecule has 0 unspecified atom stereocenters. The first kappa shape index (κ1) is 16.0. The van der Waals surface area contributed by atoms with E-state index in [0.717, 1.165) is 5.39 Å². The highest BCUT2D eigenvalue weighted by Gasteiger charge is 2.20. The summed E-state index contributed by atoms with van der Waals surface area (Å²) >= 11 is 0. The first-order valence-electron chi connectivity index (χ1n) is 8.02. The fraction of sp³-hybridized carbons (Fsp3) is 0.0952. The van der Waals surface area contributed by atoms with Crippen LogP contribution < -0.4 is 9.47 Å². The summed E-state index contributed by atoms with van der Waals surface area (Å²) in [6.07, 6.45) is 1.43. The third-order valence-corrected chi connectivity index (χ3v) is 4.45. The number of rotatable bonds is 4. The molecule has 0 amide bonds. The van der Waals surface area contributed by atoms with E-state index in [9.17, 15) is 9.90 Å². The normalized spacial score (nSPS) is 11.0. The summed E-state index contributed by atoms with van der Waals surface area (Å²) < 4.78 is 16.1. The summed E-state index contributed by atoms with van der Waals surface area (Å²) in [5.74, 6) is 0.902. The predicted octanol–water partition coefficient (Wildman–Crippen LogP) is 4.54. The standard InChI is InChI=1S/C21H16O5/c1-24-18-8-7-12(9-19(18)25-2)20(23)16-11-26-21-14-6-4-3-5-13(14)17(22)10-15(16)21/h3-11,22H,1-2H3. The van der Waals surface area contributed by atoms with E-state index < -0.39 is 0 Å². The van der Waals surface area contributed by atoms with E-state index in [4.69, 9.17) is 13.9 Å². The summed E-state index contributed by atoms with van der Waals surface area (Å²) in [6, 6.07) is 13.9. The highest BCUT2D eigenvalue weighted by molar-refractivity contribution is 6.20. The van der Waals surface area contributed by atoms with Gasteiger partial charge in [0, 0.05) is 21.7 Å². The van der Waals surface area contributed by atoms with Crippen LogP contribution in [-0.2, 0) is 0 Å². The minimum atomic E-state index is -0.223. The molecule has 0 saturated carbocycles. The lowest BCUT2D eigenvalue weighted by Gasteiger charge is -2.08. The number of phenols is 1. The summed E-state index contributed by atoms with van der Waals surface area (Å²) in [4.78, 5) is 13.0. The third-order valence-electron chi connectivity index (χ3n) is 4.45. The Bertz CT molecular complexity index is 1140. The van der Waals surface area contributed by atoms with Crippen molar-refractivity contribution in [3.05, 3.63) is 65.9 Å². The lowest BCUT2D eigenvalue weighted by Crippen LogP contribution is -2.01. The number of methoxy groups -OCH3 is 2. The van der Waals surface area contributed by atoms with Crippen LogP contribution in [0.5, 0.6) is 17.2 Å². The summed E-state index contributed by atoms with van der Waals surface area (Å²) in [5, 5.41) is 12.3. The van der Waals surface area contributed by atoms with Gasteiger partial charge in [0.1, 0.15) is 17.6 Å². The molecule has 0 radical (unpaired) electrons. The van der Waals surface area contributed by atoms with Crippen molar-refractivity contribution in [2.75, 3.05) is 14.2 Å². The monoisotopic (exact) mass is 348 g/mol. The summed E-state index contributed by atoms with van der Waals surface area (Å²) in [5.41, 5.74) is 1.40. The second-order valence-electron chi connectivity index (χ2n) is 5.87. The SMILES string of the molecule is COc1ccc(C(=O)c2coc3c2cc(O)c2ccccc23)cc1OC. The molecule has 3 aromatic carbocycles. The van der Waals surface area contributed by atoms with E-state index in [-0.39, 0.29) is 11.5 Å². The van der Waals surface area contributed by atoms with Crippen molar-refractivity contribution in [3.63, 3.8) is 0 Å². The van der Waals surface area contributed by atoms with Crippen molar-refractivity contribution < 1.29 is 23.8 Å². The van der Waals surface area contributed by atoms with Crippen molar-refractivity contribution in [2.45, 2.75) is 0 Å². The molecule has 0 bridgehead atoms. The van der Waals surface area contributed by atoms with Crippen LogP contribution in [0.2, 0.25) is 0 Å². The van der Waals surface area contributed by atoms with Gasteiger partial charge in [-0.2, -0.15) is 0 Å². The molecular weight excluding hydrogens is 332 g/mol. The number of hydrogen-bond acceptors (Lipinski definition) is 5. The van der Waals surface area contributed by atoms with Crippen molar-refractivity contribution in [3.8, 4) is 17.2 Å². The van der Waals surface area contributed by atoms with Gasteiger partial charge >= 0.3 is 0 Å². The number of benzene rings is 3. The lowest BCUT2D eigenvalue weighted by molar-refractivity contribution is 0.103. The quantitative estimate of drug-likeness (QED) is 0.548. The first-order chi connectivity index (χ1) is 12.6. The second kappa shape index (κ2) is 6.11. The van der Waals surface area contributed by atoms with Crippen molar-refractivity contribution >= 4 is 27.5 Å². The number of carbonyl (C=O) groups is 1. The molecule has 0 saturated heterocycles. The Morgan fingerprint density at radius 1 is 0.923 bits per heavy atom. The maximum Gasteiger partial charge on any atom is 0.197 e. The highest BCUT2D eigenvalue weighted by atomic mass is 16.5. The largest absolute Gasteiger partial charge is 0.507 e. The van der Waals surface area contributed by atoms with Gasteiger partial charge in [-0.3, -0.25) is 4.79 Å². The molecule has 5 heteroatoms. The Morgan fingerprint density at radius 3 is 2.38 bits per heavy atom. The van der Waals surface area contributed by atoms with Crippen LogP contribution in [-0.4, -0.2) is 25.1 Å². The van der Waals surface area contributed by atoms with Crippen LogP contribution in [0.25, 0.3) is 21.7 Å². The number of fused-ring (bicyclic) bond motifs is 3. The van der Waals surface area contributed by atoms with Crippen LogP contribution in [0.3, 0.4) is 0 Å². The van der Waals surface area contributed by atoms with E-state index in [1.165, 1.54) is 20.5 Å². The first-order valence-corrected chi connectivity index (χ1v) is 8.02. The summed E-state index contributed by atoms with van der Waals surface area (Å²) in [7, 11) is 3.06. The van der Waals surface area contributed by atoms with E-state index >= 15 is 0 Å². The Hall–Kier alpha value is -3.47. The molecule has 0 aliphatic rings. The Kier molecular flexibility index (Phi) is 3.77. The number of carbonyl (C=O) groups excluding carboxylic acids is 1. The van der Waals surface area contributed by atoms with Gasteiger partial charge in [0.2, 0.25) is 0 Å². The molecule has 5 nitrogen and oxygen atoms in total. The minimum Gasteiger partial charge on any atom is -0.507 e. The van der Waals surface area contributed by atoms with Gasteiger partial charge in [-0.05, 0) is 24.3 Å². The van der Waals surface area contributed by atoms with E-state index in [2.05, 4.69) is 0 Å². The lowest BCUT2D eigenvalue weighted by atomic mass is 9.99. The smallest absolute Gasteiger partial charge is 0.197 e. The maximum atomic E-state index is 13.0. The van der Waals surface area contributed by atoms with Gasteiger partial charge < -0.3 is 19.0 Å². The Balaban J connectivity index is 1.88. The van der Waals surface area contributed by atoms with E-state index in [0.29, 0.717) is 39.0 Å². The van der Waals surface area contributed by atoms with E-state index in [1.54, 1.807) is 24.3 Å². The molecule has 0 spiro atoms. The fourth-order valence-corrected chi connectivity index (χ4v) is 3.15. The molecule has 0 fully saturated rings. The zero-order valence-electron chi connectivity index (χ0n) is 14.3. The maximum absolute atomic E-state index is 13.0. The van der Waals surface area contributed by atoms with Gasteiger partial charge in [-0.1, -0.05) is 24.3 Å². The van der Waals surface area contributed by atoms with Gasteiger partial charge in [0.25, 0.3) is 0 Å². The third kappa shape index (κ3) is 2.37. The zero-order chi connectivity index (χ0) is 18.3. The molecule has 0 aliphatic carbocycles. The van der Waals surface area contributed by atoms with Crippen LogP contribution in [0.15, 0.2) is 59.2 Å². The van der Waals surface area contributed by atoms with Crippen molar-refractivity contribution in [2.24, 2.45) is 0 Å². The topological polar surface area (TPSA) is 68.9 Å². The average Bonchev–Trinajstić information content (AvgIpc) is 3.11. The number of ketones is 1. The molecule has 130 valence electrons. The molecule has 4 aromatic rings. The molecule has 1 aromatic heterocycles. The molecule has 0 atom stereocenters. The van der Waals surface area contributed by atoms with Gasteiger partial charge in [-0.15, -0.1) is 0 Å². The second-order valence-corrected chi connectivity index (χ2v) is 5.87. The van der Waals surface area contributed by atoms with Crippen LogP contribution >= 0.6 is 0 Å².